The predicted molar refractivity (Wildman–Crippen MR) is 85.8 cm³/mol. The Hall–Kier alpha value is -1.54. The molecule has 0 amide bonds. The predicted octanol–water partition coefficient (Wildman–Crippen LogP) is 3.79. The molecular weight excluding hydrogens is 244 g/mol. The third-order valence-electron chi connectivity index (χ3n) is 3.81. The highest BCUT2D eigenvalue weighted by atomic mass is 14.9. The van der Waals surface area contributed by atoms with Crippen molar-refractivity contribution in [2.24, 2.45) is 5.73 Å². The number of hydrogen-bond donors (Lipinski definition) is 1. The van der Waals surface area contributed by atoms with E-state index in [4.69, 9.17) is 5.73 Å². The summed E-state index contributed by atoms with van der Waals surface area (Å²) < 4.78 is 2.29. The van der Waals surface area contributed by atoms with Gasteiger partial charge in [0.25, 0.3) is 0 Å². The number of benzene rings is 1. The molecule has 1 aromatic carbocycles. The quantitative estimate of drug-likeness (QED) is 0.727. The van der Waals surface area contributed by atoms with Crippen LogP contribution in [0, 0.1) is 0 Å². The molecule has 2 heteroatoms. The summed E-state index contributed by atoms with van der Waals surface area (Å²) in [6, 6.07) is 13.2. The van der Waals surface area contributed by atoms with Gasteiger partial charge >= 0.3 is 0 Å². The maximum absolute atomic E-state index is 5.99. The highest BCUT2D eigenvalue weighted by Gasteiger charge is 2.03. The Labute approximate surface area is 122 Å². The third kappa shape index (κ3) is 4.86. The van der Waals surface area contributed by atoms with Gasteiger partial charge in [-0.15, -0.1) is 0 Å². The molecule has 1 atom stereocenters. The smallest absolute Gasteiger partial charge is 0.0219 e. The summed E-state index contributed by atoms with van der Waals surface area (Å²) in [6.07, 6.45) is 10.1. The highest BCUT2D eigenvalue weighted by Crippen LogP contribution is 2.09. The van der Waals surface area contributed by atoms with E-state index >= 15 is 0 Å². The van der Waals surface area contributed by atoms with E-state index in [2.05, 4.69) is 60.3 Å². The summed E-state index contributed by atoms with van der Waals surface area (Å²) in [5.74, 6) is 0. The molecular formula is C18H26N2. The lowest BCUT2D eigenvalue weighted by Gasteiger charge is -2.06. The molecule has 0 aliphatic rings. The van der Waals surface area contributed by atoms with E-state index in [1.807, 2.05) is 0 Å². The van der Waals surface area contributed by atoms with Gasteiger partial charge in [-0.2, -0.15) is 0 Å². The van der Waals surface area contributed by atoms with Crippen molar-refractivity contribution in [3.8, 4) is 0 Å². The Morgan fingerprint density at radius 3 is 2.60 bits per heavy atom. The molecule has 0 bridgehead atoms. The Morgan fingerprint density at radius 2 is 1.85 bits per heavy atom. The van der Waals surface area contributed by atoms with Gasteiger partial charge in [0.2, 0.25) is 0 Å². The van der Waals surface area contributed by atoms with Gasteiger partial charge in [0, 0.05) is 25.0 Å². The number of rotatable bonds is 8. The molecule has 0 fully saturated rings. The molecule has 0 aliphatic heterocycles. The number of unbranched alkanes of at least 4 members (excludes halogenated alkanes) is 1. The fraction of sp³-hybridized carbons (Fsp3) is 0.444. The van der Waals surface area contributed by atoms with Gasteiger partial charge in [0.1, 0.15) is 0 Å². The molecule has 0 saturated heterocycles. The van der Waals surface area contributed by atoms with E-state index in [1.165, 1.54) is 30.4 Å². The molecule has 2 rings (SSSR count). The minimum atomic E-state index is 0.295. The lowest BCUT2D eigenvalue weighted by atomic mass is 10.1. The van der Waals surface area contributed by atoms with Gasteiger partial charge in [0.15, 0.2) is 0 Å². The molecule has 20 heavy (non-hydrogen) atoms. The van der Waals surface area contributed by atoms with Crippen LogP contribution in [0.1, 0.15) is 37.3 Å². The van der Waals surface area contributed by atoms with Crippen molar-refractivity contribution in [3.05, 3.63) is 59.9 Å². The topological polar surface area (TPSA) is 30.9 Å². The maximum atomic E-state index is 5.99. The van der Waals surface area contributed by atoms with Crippen LogP contribution in [0.5, 0.6) is 0 Å². The second kappa shape index (κ2) is 7.91. The zero-order valence-corrected chi connectivity index (χ0v) is 12.5. The number of hydrogen-bond acceptors (Lipinski definition) is 1. The lowest BCUT2D eigenvalue weighted by molar-refractivity contribution is 0.607. The van der Waals surface area contributed by atoms with Crippen LogP contribution < -0.4 is 5.73 Å². The average molecular weight is 270 g/mol. The lowest BCUT2D eigenvalue weighted by Crippen LogP contribution is -2.21. The molecule has 1 heterocycles. The van der Waals surface area contributed by atoms with Crippen LogP contribution in [0.3, 0.4) is 0 Å². The molecule has 2 N–H and O–H groups in total. The zero-order chi connectivity index (χ0) is 14.2. The van der Waals surface area contributed by atoms with Crippen LogP contribution >= 0.6 is 0 Å². The van der Waals surface area contributed by atoms with Crippen molar-refractivity contribution in [3.63, 3.8) is 0 Å². The average Bonchev–Trinajstić information content (AvgIpc) is 2.92. The molecule has 1 unspecified atom stereocenters. The molecule has 0 saturated carbocycles. The Balaban J connectivity index is 1.69. The number of nitrogens with two attached hydrogens (primary N) is 1. The van der Waals surface area contributed by atoms with Gasteiger partial charge in [-0.3, -0.25) is 0 Å². The van der Waals surface area contributed by atoms with Gasteiger partial charge in [-0.05, 0) is 49.3 Å². The van der Waals surface area contributed by atoms with Crippen LogP contribution in [0.15, 0.2) is 48.8 Å². The molecule has 0 aliphatic carbocycles. The first-order valence-electron chi connectivity index (χ1n) is 7.72. The van der Waals surface area contributed by atoms with Crippen LogP contribution in [0.2, 0.25) is 0 Å². The largest absolute Gasteiger partial charge is 0.354 e. The number of nitrogens with zero attached hydrogens (tertiary/aromatic N) is 1. The summed E-state index contributed by atoms with van der Waals surface area (Å²) in [5, 5.41) is 0. The molecule has 2 aromatic rings. The van der Waals surface area contributed by atoms with E-state index < -0.39 is 0 Å². The van der Waals surface area contributed by atoms with E-state index in [0.717, 1.165) is 19.4 Å². The van der Waals surface area contributed by atoms with E-state index in [1.54, 1.807) is 0 Å². The fourth-order valence-corrected chi connectivity index (χ4v) is 2.47. The first-order chi connectivity index (χ1) is 9.78. The van der Waals surface area contributed by atoms with Crippen molar-refractivity contribution in [2.45, 2.75) is 51.6 Å². The van der Waals surface area contributed by atoms with Crippen molar-refractivity contribution in [1.82, 2.24) is 4.57 Å². The van der Waals surface area contributed by atoms with Gasteiger partial charge < -0.3 is 10.3 Å². The zero-order valence-electron chi connectivity index (χ0n) is 12.5. The summed E-state index contributed by atoms with van der Waals surface area (Å²) in [6.45, 7) is 3.25. The Morgan fingerprint density at radius 1 is 1.05 bits per heavy atom. The van der Waals surface area contributed by atoms with E-state index in [9.17, 15) is 0 Å². The van der Waals surface area contributed by atoms with Crippen LogP contribution in [-0.4, -0.2) is 10.6 Å². The van der Waals surface area contributed by atoms with Crippen molar-refractivity contribution in [1.29, 1.82) is 0 Å². The van der Waals surface area contributed by atoms with Gasteiger partial charge in [-0.25, -0.2) is 0 Å². The Kier molecular flexibility index (Phi) is 5.87. The minimum Gasteiger partial charge on any atom is -0.354 e. The number of aromatic nitrogens is 1. The van der Waals surface area contributed by atoms with Crippen molar-refractivity contribution in [2.75, 3.05) is 0 Å². The van der Waals surface area contributed by atoms with Crippen LogP contribution in [-0.2, 0) is 19.4 Å². The normalized spacial score (nSPS) is 12.5. The summed E-state index contributed by atoms with van der Waals surface area (Å²) >= 11 is 0. The molecule has 108 valence electrons. The molecule has 2 nitrogen and oxygen atoms in total. The maximum Gasteiger partial charge on any atom is 0.0219 e. The molecule has 0 radical (unpaired) electrons. The number of aryl methyl sites for hydroxylation is 2. The monoisotopic (exact) mass is 270 g/mol. The van der Waals surface area contributed by atoms with E-state index in [-0.39, 0.29) is 0 Å². The first kappa shape index (κ1) is 14.9. The van der Waals surface area contributed by atoms with E-state index in [0.29, 0.717) is 6.04 Å². The van der Waals surface area contributed by atoms with Crippen LogP contribution in [0.4, 0.5) is 0 Å². The summed E-state index contributed by atoms with van der Waals surface area (Å²) in [4.78, 5) is 0. The third-order valence-corrected chi connectivity index (χ3v) is 3.81. The minimum absolute atomic E-state index is 0.295. The van der Waals surface area contributed by atoms with Gasteiger partial charge in [0.05, 0.1) is 0 Å². The van der Waals surface area contributed by atoms with Crippen molar-refractivity contribution >= 4 is 0 Å². The SMILES string of the molecule is CCC(N)Cc1ccn(CCCCc2ccccc2)c1. The van der Waals surface area contributed by atoms with Crippen LogP contribution in [0.25, 0.3) is 0 Å². The standard InChI is InChI=1S/C18H26N2/c1-2-18(19)14-17-11-13-20(15-17)12-7-6-10-16-8-4-3-5-9-16/h3-5,8-9,11,13,15,18H,2,6-7,10,12,14,19H2,1H3. The summed E-state index contributed by atoms with van der Waals surface area (Å²) in [5.41, 5.74) is 8.79. The Bertz CT molecular complexity index is 487. The van der Waals surface area contributed by atoms with Gasteiger partial charge in [-0.1, -0.05) is 37.3 Å². The first-order valence-corrected chi connectivity index (χ1v) is 7.72. The second-order valence-corrected chi connectivity index (χ2v) is 5.57. The van der Waals surface area contributed by atoms with Crippen molar-refractivity contribution < 1.29 is 0 Å². The molecule has 1 aromatic heterocycles. The molecule has 0 spiro atoms. The fourth-order valence-electron chi connectivity index (χ4n) is 2.47. The second-order valence-electron chi connectivity index (χ2n) is 5.57. The summed E-state index contributed by atoms with van der Waals surface area (Å²) in [7, 11) is 0. The highest BCUT2D eigenvalue weighted by molar-refractivity contribution is 5.14.